The zero-order valence-electron chi connectivity index (χ0n) is 8.57. The highest BCUT2D eigenvalue weighted by atomic mass is 19.3. The van der Waals surface area contributed by atoms with Crippen LogP contribution < -0.4 is 10.5 Å². The van der Waals surface area contributed by atoms with Gasteiger partial charge in [0.15, 0.2) is 0 Å². The van der Waals surface area contributed by atoms with E-state index in [1.165, 1.54) is 12.1 Å². The molecule has 2 N–H and O–H groups in total. The van der Waals surface area contributed by atoms with Crippen LogP contribution in [0, 0.1) is 0 Å². The summed E-state index contributed by atoms with van der Waals surface area (Å²) in [5.74, 6) is -0.691. The number of nitrogens with two attached hydrogens (primary N) is 1. The maximum atomic E-state index is 11.9. The highest BCUT2D eigenvalue weighted by Crippen LogP contribution is 2.22. The molecule has 0 atom stereocenters. The topological polar surface area (TPSA) is 61.5 Å². The molecule has 0 aliphatic rings. The molecule has 0 heterocycles. The van der Waals surface area contributed by atoms with E-state index in [4.69, 9.17) is 10.5 Å². The molecule has 0 aliphatic carbocycles. The van der Waals surface area contributed by atoms with E-state index in [2.05, 4.69) is 4.74 Å². The van der Waals surface area contributed by atoms with E-state index in [0.29, 0.717) is 0 Å². The number of rotatable bonds is 4. The smallest absolute Gasteiger partial charge is 0.387 e. The van der Waals surface area contributed by atoms with Crippen LogP contribution in [0.4, 0.5) is 14.5 Å². The Morgan fingerprint density at radius 2 is 2.19 bits per heavy atom. The molecule has 0 aromatic heterocycles. The lowest BCUT2D eigenvalue weighted by Gasteiger charge is -2.08. The van der Waals surface area contributed by atoms with Crippen molar-refractivity contribution in [3.63, 3.8) is 0 Å². The summed E-state index contributed by atoms with van der Waals surface area (Å²) in [4.78, 5) is 11.3. The Kier molecular flexibility index (Phi) is 4.04. The third kappa shape index (κ3) is 3.08. The Morgan fingerprint density at radius 3 is 2.69 bits per heavy atom. The summed E-state index contributed by atoms with van der Waals surface area (Å²) in [6.07, 6.45) is 0. The summed E-state index contributed by atoms with van der Waals surface area (Å²) >= 11 is 0. The van der Waals surface area contributed by atoms with Gasteiger partial charge in [0.05, 0.1) is 12.2 Å². The van der Waals surface area contributed by atoms with Gasteiger partial charge in [-0.25, -0.2) is 4.79 Å². The van der Waals surface area contributed by atoms with Gasteiger partial charge in [-0.3, -0.25) is 0 Å². The van der Waals surface area contributed by atoms with Gasteiger partial charge in [0.1, 0.15) is 5.75 Å². The molecule has 0 unspecified atom stereocenters. The van der Waals surface area contributed by atoms with Crippen LogP contribution in [0.1, 0.15) is 17.3 Å². The number of benzene rings is 1. The molecular formula is C10H11F2NO3. The molecule has 0 fully saturated rings. The number of anilines is 1. The second-order valence-electron chi connectivity index (χ2n) is 2.85. The fourth-order valence-corrected chi connectivity index (χ4v) is 1.11. The lowest BCUT2D eigenvalue weighted by molar-refractivity contribution is -0.0497. The Balaban J connectivity index is 2.87. The van der Waals surface area contributed by atoms with Gasteiger partial charge >= 0.3 is 12.6 Å². The number of nitrogen functional groups attached to an aromatic ring is 1. The SMILES string of the molecule is CCOC(=O)c1ccc(OC(F)F)cc1N. The van der Waals surface area contributed by atoms with Gasteiger partial charge < -0.3 is 15.2 Å². The minimum atomic E-state index is -2.92. The molecule has 0 spiro atoms. The molecule has 0 bridgehead atoms. The number of hydrogen-bond donors (Lipinski definition) is 1. The van der Waals surface area contributed by atoms with Gasteiger partial charge in [0.2, 0.25) is 0 Å². The Morgan fingerprint density at radius 1 is 1.50 bits per heavy atom. The Hall–Kier alpha value is -1.85. The highest BCUT2D eigenvalue weighted by Gasteiger charge is 2.12. The van der Waals surface area contributed by atoms with Crippen molar-refractivity contribution in [2.75, 3.05) is 12.3 Å². The average molecular weight is 231 g/mol. The third-order valence-corrected chi connectivity index (χ3v) is 1.74. The van der Waals surface area contributed by atoms with Crippen LogP contribution in [-0.2, 0) is 4.74 Å². The molecule has 6 heteroatoms. The van der Waals surface area contributed by atoms with Gasteiger partial charge in [-0.05, 0) is 19.1 Å². The van der Waals surface area contributed by atoms with Crippen LogP contribution >= 0.6 is 0 Å². The van der Waals surface area contributed by atoms with Crippen molar-refractivity contribution in [3.8, 4) is 5.75 Å². The van der Waals surface area contributed by atoms with Crippen LogP contribution in [0.15, 0.2) is 18.2 Å². The van der Waals surface area contributed by atoms with Crippen LogP contribution in [0.5, 0.6) is 5.75 Å². The molecule has 88 valence electrons. The summed E-state index contributed by atoms with van der Waals surface area (Å²) in [5.41, 5.74) is 5.67. The molecule has 0 radical (unpaired) electrons. The van der Waals surface area contributed by atoms with E-state index < -0.39 is 12.6 Å². The molecule has 0 saturated carbocycles. The monoisotopic (exact) mass is 231 g/mol. The van der Waals surface area contributed by atoms with Crippen molar-refractivity contribution in [2.45, 2.75) is 13.5 Å². The van der Waals surface area contributed by atoms with Crippen molar-refractivity contribution in [1.82, 2.24) is 0 Å². The molecule has 0 amide bonds. The molecular weight excluding hydrogens is 220 g/mol. The van der Waals surface area contributed by atoms with Crippen LogP contribution in [0.25, 0.3) is 0 Å². The minimum absolute atomic E-state index is 0.0385. The number of carbonyl (C=O) groups is 1. The van der Waals surface area contributed by atoms with Crippen LogP contribution in [0.2, 0.25) is 0 Å². The maximum Gasteiger partial charge on any atom is 0.387 e. The zero-order valence-corrected chi connectivity index (χ0v) is 8.57. The highest BCUT2D eigenvalue weighted by molar-refractivity contribution is 5.95. The lowest BCUT2D eigenvalue weighted by Crippen LogP contribution is -2.09. The van der Waals surface area contributed by atoms with Gasteiger partial charge in [0.25, 0.3) is 0 Å². The second-order valence-corrected chi connectivity index (χ2v) is 2.85. The molecule has 0 saturated heterocycles. The van der Waals surface area contributed by atoms with E-state index in [0.717, 1.165) is 6.07 Å². The number of hydrogen-bond acceptors (Lipinski definition) is 4. The molecule has 1 aromatic carbocycles. The largest absolute Gasteiger partial charge is 0.462 e. The summed E-state index contributed by atoms with van der Waals surface area (Å²) in [6, 6.07) is 3.66. The maximum absolute atomic E-state index is 11.9. The van der Waals surface area contributed by atoms with Crippen molar-refractivity contribution >= 4 is 11.7 Å². The summed E-state index contributed by atoms with van der Waals surface area (Å²) < 4.78 is 32.6. The van der Waals surface area contributed by atoms with Crippen molar-refractivity contribution in [1.29, 1.82) is 0 Å². The van der Waals surface area contributed by atoms with E-state index in [1.54, 1.807) is 6.92 Å². The van der Waals surface area contributed by atoms with Crippen LogP contribution in [-0.4, -0.2) is 19.2 Å². The first kappa shape index (κ1) is 12.2. The lowest BCUT2D eigenvalue weighted by atomic mass is 10.2. The predicted molar refractivity (Wildman–Crippen MR) is 53.4 cm³/mol. The average Bonchev–Trinajstić information content (AvgIpc) is 2.16. The van der Waals surface area contributed by atoms with Crippen LogP contribution in [0.3, 0.4) is 0 Å². The molecule has 1 aromatic rings. The fraction of sp³-hybridized carbons (Fsp3) is 0.300. The minimum Gasteiger partial charge on any atom is -0.462 e. The fourth-order valence-electron chi connectivity index (χ4n) is 1.11. The standard InChI is InChI=1S/C10H11F2NO3/c1-2-15-9(14)7-4-3-6(5-8(7)13)16-10(11)12/h3-5,10H,2,13H2,1H3. The molecule has 16 heavy (non-hydrogen) atoms. The molecule has 0 aliphatic heterocycles. The van der Waals surface area contributed by atoms with Gasteiger partial charge in [-0.1, -0.05) is 0 Å². The summed E-state index contributed by atoms with van der Waals surface area (Å²) in [6.45, 7) is -1.05. The van der Waals surface area contributed by atoms with Crippen molar-refractivity contribution in [3.05, 3.63) is 23.8 Å². The normalized spacial score (nSPS) is 10.2. The zero-order chi connectivity index (χ0) is 12.1. The quantitative estimate of drug-likeness (QED) is 0.636. The van der Waals surface area contributed by atoms with E-state index in [9.17, 15) is 13.6 Å². The van der Waals surface area contributed by atoms with E-state index >= 15 is 0 Å². The van der Waals surface area contributed by atoms with Crippen molar-refractivity contribution in [2.24, 2.45) is 0 Å². The van der Waals surface area contributed by atoms with Gasteiger partial charge in [-0.15, -0.1) is 0 Å². The first-order chi connectivity index (χ1) is 7.54. The number of ether oxygens (including phenoxy) is 2. The number of halogens is 2. The van der Waals surface area contributed by atoms with Gasteiger partial charge in [0, 0.05) is 11.8 Å². The van der Waals surface area contributed by atoms with Crippen molar-refractivity contribution < 1.29 is 23.0 Å². The van der Waals surface area contributed by atoms with Gasteiger partial charge in [-0.2, -0.15) is 8.78 Å². The van der Waals surface area contributed by atoms with E-state index in [-0.39, 0.29) is 23.6 Å². The third-order valence-electron chi connectivity index (χ3n) is 1.74. The summed E-state index contributed by atoms with van der Waals surface area (Å²) in [5, 5.41) is 0. The number of carbonyl (C=O) groups excluding carboxylic acids is 1. The predicted octanol–water partition coefficient (Wildman–Crippen LogP) is 2.05. The molecule has 1 rings (SSSR count). The first-order valence-electron chi connectivity index (χ1n) is 4.56. The number of esters is 1. The Labute approximate surface area is 91.0 Å². The second kappa shape index (κ2) is 5.29. The molecule has 4 nitrogen and oxygen atoms in total. The van der Waals surface area contributed by atoms with E-state index in [1.807, 2.05) is 0 Å². The Bertz CT molecular complexity index is 382. The summed E-state index contributed by atoms with van der Waals surface area (Å²) in [7, 11) is 0. The first-order valence-corrected chi connectivity index (χ1v) is 4.56. The number of alkyl halides is 2.